The largest absolute Gasteiger partial charge is 0.239 e. The lowest BCUT2D eigenvalue weighted by Gasteiger charge is -1.96. The predicted molar refractivity (Wildman–Crippen MR) is 72.6 cm³/mol. The number of nitrogens with zero attached hydrogens (tertiary/aromatic N) is 1. The molecule has 0 amide bonds. The van der Waals surface area contributed by atoms with E-state index < -0.39 is 0 Å². The highest BCUT2D eigenvalue weighted by Gasteiger charge is 2.08. The van der Waals surface area contributed by atoms with Crippen molar-refractivity contribution in [3.63, 3.8) is 0 Å². The third-order valence-corrected chi connectivity index (χ3v) is 4.48. The molecule has 0 saturated heterocycles. The van der Waals surface area contributed by atoms with Crippen LogP contribution in [0.5, 0.6) is 0 Å². The summed E-state index contributed by atoms with van der Waals surface area (Å²) in [7, 11) is 0. The SMILES string of the molecule is Cc1ccc(-c2nc(CBr)c(Br)s2)cc1. The summed E-state index contributed by atoms with van der Waals surface area (Å²) in [5.41, 5.74) is 3.52. The summed E-state index contributed by atoms with van der Waals surface area (Å²) in [5, 5.41) is 1.85. The van der Waals surface area contributed by atoms with Crippen molar-refractivity contribution in [2.75, 3.05) is 0 Å². The molecule has 4 heteroatoms. The zero-order valence-electron chi connectivity index (χ0n) is 8.13. The lowest BCUT2D eigenvalue weighted by molar-refractivity contribution is 1.23. The second-order valence-corrected chi connectivity index (χ2v) is 6.12. The Morgan fingerprint density at radius 3 is 2.47 bits per heavy atom. The van der Waals surface area contributed by atoms with Crippen molar-refractivity contribution in [1.29, 1.82) is 0 Å². The molecule has 0 spiro atoms. The lowest BCUT2D eigenvalue weighted by Crippen LogP contribution is -1.80. The van der Waals surface area contributed by atoms with E-state index in [1.165, 1.54) is 11.1 Å². The molecule has 2 aromatic rings. The van der Waals surface area contributed by atoms with Crippen LogP contribution in [-0.2, 0) is 5.33 Å². The fourth-order valence-electron chi connectivity index (χ4n) is 1.24. The van der Waals surface area contributed by atoms with Crippen LogP contribution in [-0.4, -0.2) is 4.98 Å². The minimum Gasteiger partial charge on any atom is -0.239 e. The number of hydrogen-bond donors (Lipinski definition) is 0. The van der Waals surface area contributed by atoms with Crippen molar-refractivity contribution < 1.29 is 0 Å². The summed E-state index contributed by atoms with van der Waals surface area (Å²) in [5.74, 6) is 0. The van der Waals surface area contributed by atoms with Gasteiger partial charge in [-0.15, -0.1) is 11.3 Å². The molecule has 78 valence electrons. The second kappa shape index (κ2) is 4.76. The molecule has 0 radical (unpaired) electrons. The maximum Gasteiger partial charge on any atom is 0.124 e. The third-order valence-electron chi connectivity index (χ3n) is 2.07. The molecule has 1 heterocycles. The Morgan fingerprint density at radius 1 is 1.27 bits per heavy atom. The fraction of sp³-hybridized carbons (Fsp3) is 0.182. The van der Waals surface area contributed by atoms with Gasteiger partial charge in [0.15, 0.2) is 0 Å². The first-order chi connectivity index (χ1) is 7.20. The van der Waals surface area contributed by atoms with Crippen LogP contribution in [0.4, 0.5) is 0 Å². The normalized spacial score (nSPS) is 10.6. The molecule has 0 aliphatic heterocycles. The first kappa shape index (κ1) is 11.3. The summed E-state index contributed by atoms with van der Waals surface area (Å²) in [4.78, 5) is 4.55. The molecular weight excluding hydrogens is 338 g/mol. The minimum atomic E-state index is 0.788. The van der Waals surface area contributed by atoms with Gasteiger partial charge in [-0.1, -0.05) is 45.8 Å². The second-order valence-electron chi connectivity index (χ2n) is 3.24. The van der Waals surface area contributed by atoms with Gasteiger partial charge in [-0.3, -0.25) is 0 Å². The van der Waals surface area contributed by atoms with E-state index in [0.717, 1.165) is 19.8 Å². The molecule has 0 saturated carbocycles. The Bertz CT molecular complexity index is 462. The van der Waals surface area contributed by atoms with Crippen molar-refractivity contribution in [2.45, 2.75) is 12.3 Å². The Kier molecular flexibility index (Phi) is 3.59. The van der Waals surface area contributed by atoms with E-state index in [-0.39, 0.29) is 0 Å². The summed E-state index contributed by atoms with van der Waals surface area (Å²) in [6.45, 7) is 2.09. The van der Waals surface area contributed by atoms with E-state index in [4.69, 9.17) is 0 Å². The van der Waals surface area contributed by atoms with Crippen LogP contribution in [0.2, 0.25) is 0 Å². The van der Waals surface area contributed by atoms with Gasteiger partial charge < -0.3 is 0 Å². The highest BCUT2D eigenvalue weighted by molar-refractivity contribution is 9.11. The number of benzene rings is 1. The molecule has 0 fully saturated rings. The number of aryl methyl sites for hydroxylation is 1. The number of aromatic nitrogens is 1. The zero-order valence-corrected chi connectivity index (χ0v) is 12.1. The molecule has 0 bridgehead atoms. The molecule has 0 aliphatic carbocycles. The van der Waals surface area contributed by atoms with Crippen LogP contribution >= 0.6 is 43.2 Å². The van der Waals surface area contributed by atoms with Crippen LogP contribution in [0.1, 0.15) is 11.3 Å². The van der Waals surface area contributed by atoms with E-state index >= 15 is 0 Å². The van der Waals surface area contributed by atoms with Gasteiger partial charge in [0.25, 0.3) is 0 Å². The van der Waals surface area contributed by atoms with E-state index in [1.807, 2.05) is 0 Å². The highest BCUT2D eigenvalue weighted by Crippen LogP contribution is 2.32. The van der Waals surface area contributed by atoms with E-state index in [0.29, 0.717) is 0 Å². The highest BCUT2D eigenvalue weighted by atomic mass is 79.9. The Hall–Kier alpha value is -0.190. The molecule has 15 heavy (non-hydrogen) atoms. The fourth-order valence-corrected chi connectivity index (χ4v) is 3.71. The van der Waals surface area contributed by atoms with E-state index in [9.17, 15) is 0 Å². The van der Waals surface area contributed by atoms with Gasteiger partial charge in [0, 0.05) is 10.9 Å². The number of thiazole rings is 1. The number of hydrogen-bond acceptors (Lipinski definition) is 2. The van der Waals surface area contributed by atoms with Crippen LogP contribution in [0, 0.1) is 6.92 Å². The van der Waals surface area contributed by atoms with Gasteiger partial charge in [0.2, 0.25) is 0 Å². The van der Waals surface area contributed by atoms with Gasteiger partial charge in [-0.2, -0.15) is 0 Å². The molecule has 2 rings (SSSR count). The maximum absolute atomic E-state index is 4.55. The smallest absolute Gasteiger partial charge is 0.124 e. The molecule has 0 N–H and O–H groups in total. The van der Waals surface area contributed by atoms with E-state index in [2.05, 4.69) is 68.0 Å². The van der Waals surface area contributed by atoms with Crippen molar-refractivity contribution in [3.8, 4) is 10.6 Å². The quantitative estimate of drug-likeness (QED) is 0.713. The van der Waals surface area contributed by atoms with Crippen LogP contribution in [0.15, 0.2) is 28.1 Å². The molecule has 1 aromatic heterocycles. The molecule has 0 atom stereocenters. The van der Waals surface area contributed by atoms with Crippen LogP contribution < -0.4 is 0 Å². The standard InChI is InChI=1S/C11H9Br2NS/c1-7-2-4-8(5-3-7)11-14-9(6-12)10(13)15-11/h2-5H,6H2,1H3. The van der Waals surface area contributed by atoms with Gasteiger partial charge in [0.05, 0.1) is 9.48 Å². The monoisotopic (exact) mass is 345 g/mol. The molecule has 0 aliphatic rings. The van der Waals surface area contributed by atoms with Crippen LogP contribution in [0.3, 0.4) is 0 Å². The first-order valence-corrected chi connectivity index (χ1v) is 7.22. The first-order valence-electron chi connectivity index (χ1n) is 4.49. The van der Waals surface area contributed by atoms with Crippen molar-refractivity contribution in [1.82, 2.24) is 4.98 Å². The summed E-state index contributed by atoms with van der Waals surface area (Å²) in [6.07, 6.45) is 0. The zero-order chi connectivity index (χ0) is 10.8. The summed E-state index contributed by atoms with van der Waals surface area (Å²) >= 11 is 8.61. The van der Waals surface area contributed by atoms with Crippen molar-refractivity contribution in [2.24, 2.45) is 0 Å². The Labute approximate surface area is 110 Å². The van der Waals surface area contributed by atoms with Gasteiger partial charge in [-0.25, -0.2) is 4.98 Å². The Balaban J connectivity index is 2.41. The third kappa shape index (κ3) is 2.49. The van der Waals surface area contributed by atoms with E-state index in [1.54, 1.807) is 11.3 Å². The van der Waals surface area contributed by atoms with Crippen molar-refractivity contribution >= 4 is 43.2 Å². The van der Waals surface area contributed by atoms with Crippen LogP contribution in [0.25, 0.3) is 10.6 Å². The predicted octanol–water partition coefficient (Wildman–Crippen LogP) is 4.78. The number of rotatable bonds is 2. The minimum absolute atomic E-state index is 0.788. The molecule has 1 aromatic carbocycles. The van der Waals surface area contributed by atoms with Gasteiger partial charge in [-0.05, 0) is 22.9 Å². The number of halogens is 2. The Morgan fingerprint density at radius 2 is 1.93 bits per heavy atom. The summed E-state index contributed by atoms with van der Waals surface area (Å²) < 4.78 is 1.11. The lowest BCUT2D eigenvalue weighted by atomic mass is 10.2. The van der Waals surface area contributed by atoms with Gasteiger partial charge in [0.1, 0.15) is 5.01 Å². The number of alkyl halides is 1. The molecule has 1 nitrogen and oxygen atoms in total. The molecule has 0 unspecified atom stereocenters. The topological polar surface area (TPSA) is 12.9 Å². The summed E-state index contributed by atoms with van der Waals surface area (Å²) in [6, 6.07) is 8.44. The average Bonchev–Trinajstić information content (AvgIpc) is 2.61. The van der Waals surface area contributed by atoms with Gasteiger partial charge >= 0.3 is 0 Å². The molecular formula is C11H9Br2NS. The maximum atomic E-state index is 4.55. The average molecular weight is 347 g/mol. The van der Waals surface area contributed by atoms with Crippen molar-refractivity contribution in [3.05, 3.63) is 39.3 Å².